The molecule has 2 aromatic carbocycles. The summed E-state index contributed by atoms with van der Waals surface area (Å²) in [5, 5.41) is 15.9. The molecular weight excluding hydrogens is 446 g/mol. The fourth-order valence-electron chi connectivity index (χ4n) is 2.62. The quantitative estimate of drug-likeness (QED) is 0.486. The summed E-state index contributed by atoms with van der Waals surface area (Å²) in [4.78, 5) is 13.4. The Hall–Kier alpha value is -2.98. The highest BCUT2D eigenvalue weighted by molar-refractivity contribution is 9.10. The van der Waals surface area contributed by atoms with Crippen LogP contribution in [0.3, 0.4) is 0 Å². The molecule has 0 fully saturated rings. The Morgan fingerprint density at radius 1 is 1.14 bits per heavy atom. The summed E-state index contributed by atoms with van der Waals surface area (Å²) in [7, 11) is 3.12. The maximum atomic E-state index is 12.7. The number of anilines is 1. The van der Waals surface area contributed by atoms with Crippen LogP contribution in [0, 0.1) is 0 Å². The second kappa shape index (κ2) is 7.56. The maximum Gasteiger partial charge on any atom is 0.255 e. The number of benzene rings is 2. The van der Waals surface area contributed by atoms with Crippen molar-refractivity contribution in [3.8, 4) is 22.1 Å². The van der Waals surface area contributed by atoms with Crippen LogP contribution in [0.4, 0.5) is 5.69 Å². The molecule has 10 heteroatoms. The third kappa shape index (κ3) is 3.43. The molecule has 8 nitrogen and oxygen atoms in total. The highest BCUT2D eigenvalue weighted by atomic mass is 79.9. The van der Waals surface area contributed by atoms with E-state index in [0.29, 0.717) is 32.2 Å². The number of hydrogen-bond acceptors (Lipinski definition) is 7. The minimum absolute atomic E-state index is 0.267. The van der Waals surface area contributed by atoms with Crippen LogP contribution in [0.2, 0.25) is 0 Å². The van der Waals surface area contributed by atoms with Gasteiger partial charge in [-0.2, -0.15) is 9.61 Å². The maximum absolute atomic E-state index is 12.7. The first-order valence-corrected chi connectivity index (χ1v) is 9.70. The summed E-state index contributed by atoms with van der Waals surface area (Å²) in [6.45, 7) is 0. The van der Waals surface area contributed by atoms with Gasteiger partial charge in [-0.05, 0) is 52.3 Å². The predicted molar refractivity (Wildman–Crippen MR) is 109 cm³/mol. The Kier molecular flexibility index (Phi) is 4.97. The van der Waals surface area contributed by atoms with Gasteiger partial charge >= 0.3 is 0 Å². The molecular formula is C18H14BrN5O3S. The Bertz CT molecular complexity index is 1140. The number of carbonyl (C=O) groups excluding carboxylic acids is 1. The van der Waals surface area contributed by atoms with Crippen molar-refractivity contribution in [2.75, 3.05) is 19.5 Å². The molecule has 0 radical (unpaired) electrons. The van der Waals surface area contributed by atoms with Crippen LogP contribution >= 0.6 is 27.3 Å². The van der Waals surface area contributed by atoms with Gasteiger partial charge in [0.25, 0.3) is 5.91 Å². The van der Waals surface area contributed by atoms with Gasteiger partial charge in [-0.15, -0.1) is 10.2 Å². The number of nitrogens with one attached hydrogen (secondary N) is 1. The minimum Gasteiger partial charge on any atom is -0.496 e. The molecule has 1 N–H and O–H groups in total. The largest absolute Gasteiger partial charge is 0.496 e. The average Bonchev–Trinajstić information content (AvgIpc) is 3.30. The lowest BCUT2D eigenvalue weighted by molar-refractivity contribution is 0.102. The highest BCUT2D eigenvalue weighted by Crippen LogP contribution is 2.33. The molecule has 2 heterocycles. The molecule has 2 aromatic heterocycles. The highest BCUT2D eigenvalue weighted by Gasteiger charge is 2.15. The molecule has 0 atom stereocenters. The van der Waals surface area contributed by atoms with Crippen LogP contribution in [0.5, 0.6) is 11.5 Å². The number of carbonyl (C=O) groups is 1. The fraction of sp³-hybridized carbons (Fsp3) is 0.111. The van der Waals surface area contributed by atoms with Crippen LogP contribution in [-0.4, -0.2) is 39.9 Å². The first-order valence-electron chi connectivity index (χ1n) is 8.09. The average molecular weight is 460 g/mol. The Morgan fingerprint density at radius 2 is 1.93 bits per heavy atom. The van der Waals surface area contributed by atoms with E-state index in [1.54, 1.807) is 49.3 Å². The molecule has 0 saturated heterocycles. The molecule has 0 aliphatic heterocycles. The molecule has 0 saturated carbocycles. The van der Waals surface area contributed by atoms with Crippen molar-refractivity contribution in [3.63, 3.8) is 0 Å². The molecule has 4 aromatic rings. The zero-order valence-electron chi connectivity index (χ0n) is 14.8. The van der Waals surface area contributed by atoms with E-state index < -0.39 is 0 Å². The van der Waals surface area contributed by atoms with Gasteiger partial charge in [-0.3, -0.25) is 4.79 Å². The number of hydrogen-bond donors (Lipinski definition) is 1. The number of fused-ring (bicyclic) bond motifs is 1. The standard InChI is InChI=1S/C18H14BrN5O3S/c1-26-14-5-3-10(7-12(14)19)16(25)21-13-8-11(4-6-15(13)27-2)17-23-24-9-20-22-18(24)28-17/h3-9H,1-2H3,(H,21,25). The first-order chi connectivity index (χ1) is 13.6. The Morgan fingerprint density at radius 3 is 2.64 bits per heavy atom. The second-order valence-corrected chi connectivity index (χ2v) is 7.49. The number of nitrogens with zero attached hydrogens (tertiary/aromatic N) is 4. The van der Waals surface area contributed by atoms with Gasteiger partial charge in [0.05, 0.1) is 24.4 Å². The van der Waals surface area contributed by atoms with E-state index in [2.05, 4.69) is 36.5 Å². The van der Waals surface area contributed by atoms with Crippen molar-refractivity contribution < 1.29 is 14.3 Å². The molecule has 1 amide bonds. The lowest BCUT2D eigenvalue weighted by Crippen LogP contribution is -2.13. The Labute approximate surface area is 172 Å². The normalized spacial score (nSPS) is 10.8. The van der Waals surface area contributed by atoms with Crippen LogP contribution in [-0.2, 0) is 0 Å². The molecule has 28 heavy (non-hydrogen) atoms. The first kappa shape index (κ1) is 18.4. The van der Waals surface area contributed by atoms with Gasteiger partial charge < -0.3 is 14.8 Å². The van der Waals surface area contributed by atoms with Gasteiger partial charge in [0.15, 0.2) is 0 Å². The second-order valence-electron chi connectivity index (χ2n) is 5.68. The smallest absolute Gasteiger partial charge is 0.255 e. The number of ether oxygens (including phenoxy) is 2. The lowest BCUT2D eigenvalue weighted by atomic mass is 10.1. The number of aromatic nitrogens is 4. The van der Waals surface area contributed by atoms with E-state index in [-0.39, 0.29) is 5.91 Å². The number of halogens is 1. The number of methoxy groups -OCH3 is 2. The van der Waals surface area contributed by atoms with Crippen molar-refractivity contribution in [1.82, 2.24) is 19.8 Å². The van der Waals surface area contributed by atoms with Gasteiger partial charge in [0.2, 0.25) is 4.96 Å². The molecule has 0 spiro atoms. The van der Waals surface area contributed by atoms with E-state index in [1.165, 1.54) is 11.3 Å². The third-order valence-corrected chi connectivity index (χ3v) is 5.58. The molecule has 0 bridgehead atoms. The minimum atomic E-state index is -0.267. The molecule has 4 rings (SSSR count). The van der Waals surface area contributed by atoms with Crippen LogP contribution in [0.15, 0.2) is 47.2 Å². The summed E-state index contributed by atoms with van der Waals surface area (Å²) in [5.41, 5.74) is 1.87. The fourth-order valence-corrected chi connectivity index (χ4v) is 3.97. The van der Waals surface area contributed by atoms with Gasteiger partial charge in [-0.1, -0.05) is 11.3 Å². The zero-order valence-corrected chi connectivity index (χ0v) is 17.2. The molecule has 0 aliphatic rings. The molecule has 0 unspecified atom stereocenters. The van der Waals surface area contributed by atoms with E-state index in [1.807, 2.05) is 12.1 Å². The van der Waals surface area contributed by atoms with Gasteiger partial charge in [0, 0.05) is 11.1 Å². The lowest BCUT2D eigenvalue weighted by Gasteiger charge is -2.12. The topological polar surface area (TPSA) is 90.6 Å². The van der Waals surface area contributed by atoms with Crippen molar-refractivity contribution in [2.45, 2.75) is 0 Å². The van der Waals surface area contributed by atoms with Crippen LogP contribution in [0.25, 0.3) is 15.5 Å². The van der Waals surface area contributed by atoms with Crippen LogP contribution in [0.1, 0.15) is 10.4 Å². The summed E-state index contributed by atoms with van der Waals surface area (Å²) in [6, 6.07) is 10.6. The van der Waals surface area contributed by atoms with Crippen LogP contribution < -0.4 is 14.8 Å². The summed E-state index contributed by atoms with van der Waals surface area (Å²) >= 11 is 4.80. The van der Waals surface area contributed by atoms with Crippen molar-refractivity contribution in [1.29, 1.82) is 0 Å². The Balaban J connectivity index is 1.65. The van der Waals surface area contributed by atoms with Crippen molar-refractivity contribution >= 4 is 43.8 Å². The summed E-state index contributed by atoms with van der Waals surface area (Å²) < 4.78 is 12.9. The van der Waals surface area contributed by atoms with E-state index in [9.17, 15) is 4.79 Å². The monoisotopic (exact) mass is 459 g/mol. The number of amides is 1. The SMILES string of the molecule is COc1ccc(C(=O)Nc2cc(-c3nn4cnnc4s3)ccc2OC)cc1Br. The molecule has 0 aliphatic carbocycles. The van der Waals surface area contributed by atoms with E-state index in [0.717, 1.165) is 10.6 Å². The zero-order chi connectivity index (χ0) is 19.7. The van der Waals surface area contributed by atoms with Gasteiger partial charge in [-0.25, -0.2) is 0 Å². The van der Waals surface area contributed by atoms with Crippen molar-refractivity contribution in [3.05, 3.63) is 52.8 Å². The summed E-state index contributed by atoms with van der Waals surface area (Å²) in [6.07, 6.45) is 1.54. The molecule has 142 valence electrons. The van der Waals surface area contributed by atoms with E-state index in [4.69, 9.17) is 9.47 Å². The predicted octanol–water partition coefficient (Wildman–Crippen LogP) is 3.88. The summed E-state index contributed by atoms with van der Waals surface area (Å²) in [5.74, 6) is 0.934. The number of rotatable bonds is 5. The van der Waals surface area contributed by atoms with Gasteiger partial charge in [0.1, 0.15) is 22.8 Å². The third-order valence-electron chi connectivity index (χ3n) is 4.00. The van der Waals surface area contributed by atoms with E-state index >= 15 is 0 Å². The van der Waals surface area contributed by atoms with Crippen molar-refractivity contribution in [2.24, 2.45) is 0 Å².